The lowest BCUT2D eigenvalue weighted by Gasteiger charge is -2.24. The van der Waals surface area contributed by atoms with Gasteiger partial charge in [0.15, 0.2) is 9.84 Å². The minimum atomic E-state index is -2.75. The molecule has 1 saturated carbocycles. The summed E-state index contributed by atoms with van der Waals surface area (Å²) in [7, 11) is -2.75. The SMILES string of the molecule is O=S1(=O)CCC(NCCOCCC2CCC2)C1. The van der Waals surface area contributed by atoms with Gasteiger partial charge in [-0.25, -0.2) is 8.42 Å². The molecule has 1 saturated heterocycles. The van der Waals surface area contributed by atoms with E-state index < -0.39 is 9.84 Å². The molecule has 1 unspecified atom stereocenters. The van der Waals surface area contributed by atoms with E-state index in [9.17, 15) is 8.42 Å². The molecule has 1 N–H and O–H groups in total. The Morgan fingerprint density at radius 2 is 2.00 bits per heavy atom. The average Bonchev–Trinajstić information content (AvgIpc) is 2.54. The van der Waals surface area contributed by atoms with E-state index in [0.717, 1.165) is 25.5 Å². The van der Waals surface area contributed by atoms with E-state index in [-0.39, 0.29) is 6.04 Å². The molecule has 100 valence electrons. The number of nitrogens with one attached hydrogen (secondary N) is 1. The van der Waals surface area contributed by atoms with Gasteiger partial charge in [-0.2, -0.15) is 0 Å². The normalized spacial score (nSPS) is 28.1. The fourth-order valence-electron chi connectivity index (χ4n) is 2.42. The Balaban J connectivity index is 1.43. The largest absolute Gasteiger partial charge is 0.380 e. The summed E-state index contributed by atoms with van der Waals surface area (Å²) in [4.78, 5) is 0. The maximum Gasteiger partial charge on any atom is 0.151 e. The lowest BCUT2D eigenvalue weighted by molar-refractivity contribution is 0.107. The monoisotopic (exact) mass is 261 g/mol. The molecule has 2 rings (SSSR count). The maximum atomic E-state index is 11.2. The molecule has 0 bridgehead atoms. The molecule has 4 nitrogen and oxygen atoms in total. The van der Waals surface area contributed by atoms with Gasteiger partial charge in [-0.05, 0) is 18.8 Å². The van der Waals surface area contributed by atoms with Gasteiger partial charge in [-0.1, -0.05) is 19.3 Å². The third-order valence-electron chi connectivity index (χ3n) is 3.81. The fraction of sp³-hybridized carbons (Fsp3) is 1.00. The number of hydrogen-bond acceptors (Lipinski definition) is 4. The smallest absolute Gasteiger partial charge is 0.151 e. The molecule has 0 aromatic heterocycles. The Hall–Kier alpha value is -0.130. The van der Waals surface area contributed by atoms with Crippen molar-refractivity contribution in [3.63, 3.8) is 0 Å². The summed E-state index contributed by atoms with van der Waals surface area (Å²) < 4.78 is 28.0. The van der Waals surface area contributed by atoms with Crippen LogP contribution in [0.5, 0.6) is 0 Å². The minimum Gasteiger partial charge on any atom is -0.380 e. The standard InChI is InChI=1S/C12H23NO3S/c14-17(15)9-5-12(10-17)13-6-8-16-7-4-11-2-1-3-11/h11-13H,1-10H2. The zero-order valence-corrected chi connectivity index (χ0v) is 11.2. The molecule has 2 aliphatic rings. The Morgan fingerprint density at radius 1 is 1.18 bits per heavy atom. The van der Waals surface area contributed by atoms with Crippen LogP contribution in [0.2, 0.25) is 0 Å². The molecular formula is C12H23NO3S. The summed E-state index contributed by atoms with van der Waals surface area (Å²) in [6.45, 7) is 2.32. The van der Waals surface area contributed by atoms with E-state index in [1.165, 1.54) is 25.7 Å². The summed E-state index contributed by atoms with van der Waals surface area (Å²) in [5.74, 6) is 1.55. The van der Waals surface area contributed by atoms with E-state index in [0.29, 0.717) is 18.1 Å². The molecule has 1 aliphatic heterocycles. The molecule has 0 aromatic carbocycles. The van der Waals surface area contributed by atoms with E-state index in [4.69, 9.17) is 4.74 Å². The second kappa shape index (κ2) is 6.16. The van der Waals surface area contributed by atoms with Crippen molar-refractivity contribution >= 4 is 9.84 Å². The third kappa shape index (κ3) is 4.56. The highest BCUT2D eigenvalue weighted by Crippen LogP contribution is 2.28. The highest BCUT2D eigenvalue weighted by atomic mass is 32.2. The summed E-state index contributed by atoms with van der Waals surface area (Å²) >= 11 is 0. The summed E-state index contributed by atoms with van der Waals surface area (Å²) in [6, 6.07) is 0.148. The molecule has 0 amide bonds. The van der Waals surface area contributed by atoms with Gasteiger partial charge in [-0.3, -0.25) is 0 Å². The summed E-state index contributed by atoms with van der Waals surface area (Å²) in [5.41, 5.74) is 0. The summed E-state index contributed by atoms with van der Waals surface area (Å²) in [5, 5.41) is 3.25. The molecule has 1 atom stereocenters. The Bertz CT molecular complexity index is 325. The molecule has 1 aliphatic carbocycles. The predicted octanol–water partition coefficient (Wildman–Crippen LogP) is 0.970. The molecular weight excluding hydrogens is 238 g/mol. The molecule has 0 radical (unpaired) electrons. The first-order chi connectivity index (χ1) is 8.16. The van der Waals surface area contributed by atoms with Crippen LogP contribution in [0, 0.1) is 5.92 Å². The number of sulfone groups is 1. The zero-order chi connectivity index (χ0) is 12.1. The Labute approximate surface area is 104 Å². The van der Waals surface area contributed by atoms with Crippen LogP contribution < -0.4 is 5.32 Å². The second-order valence-electron chi connectivity index (χ2n) is 5.25. The average molecular weight is 261 g/mol. The van der Waals surface area contributed by atoms with Crippen LogP contribution >= 0.6 is 0 Å². The van der Waals surface area contributed by atoms with Crippen molar-refractivity contribution in [3.05, 3.63) is 0 Å². The van der Waals surface area contributed by atoms with Gasteiger partial charge >= 0.3 is 0 Å². The molecule has 0 aromatic rings. The van der Waals surface area contributed by atoms with Crippen molar-refractivity contribution < 1.29 is 13.2 Å². The quantitative estimate of drug-likeness (QED) is 0.694. The first kappa shape index (κ1) is 13.3. The lowest BCUT2D eigenvalue weighted by Crippen LogP contribution is -2.33. The van der Waals surface area contributed by atoms with E-state index in [2.05, 4.69) is 5.32 Å². The summed E-state index contributed by atoms with van der Waals surface area (Å²) in [6.07, 6.45) is 6.09. The molecule has 0 spiro atoms. The van der Waals surface area contributed by atoms with Crippen LogP contribution in [0.3, 0.4) is 0 Å². The van der Waals surface area contributed by atoms with Crippen LogP contribution in [0.25, 0.3) is 0 Å². The Kier molecular flexibility index (Phi) is 4.82. The highest BCUT2D eigenvalue weighted by molar-refractivity contribution is 7.91. The van der Waals surface area contributed by atoms with Crippen LogP contribution in [0.15, 0.2) is 0 Å². The molecule has 5 heteroatoms. The van der Waals surface area contributed by atoms with Crippen LogP contribution in [-0.2, 0) is 14.6 Å². The van der Waals surface area contributed by atoms with Gasteiger partial charge in [0.25, 0.3) is 0 Å². The van der Waals surface area contributed by atoms with Crippen LogP contribution in [0.1, 0.15) is 32.1 Å². The van der Waals surface area contributed by atoms with Crippen molar-refractivity contribution in [3.8, 4) is 0 Å². The second-order valence-corrected chi connectivity index (χ2v) is 7.48. The number of ether oxygens (including phenoxy) is 1. The van der Waals surface area contributed by atoms with Gasteiger partial charge in [-0.15, -0.1) is 0 Å². The van der Waals surface area contributed by atoms with Crippen molar-refractivity contribution in [1.82, 2.24) is 5.32 Å². The van der Waals surface area contributed by atoms with Gasteiger partial charge in [0.05, 0.1) is 18.1 Å². The van der Waals surface area contributed by atoms with Gasteiger partial charge in [0, 0.05) is 19.2 Å². The van der Waals surface area contributed by atoms with Crippen molar-refractivity contribution in [2.75, 3.05) is 31.3 Å². The first-order valence-electron chi connectivity index (χ1n) is 6.67. The zero-order valence-electron chi connectivity index (χ0n) is 10.4. The lowest BCUT2D eigenvalue weighted by atomic mass is 9.83. The van der Waals surface area contributed by atoms with E-state index in [1.54, 1.807) is 0 Å². The maximum absolute atomic E-state index is 11.2. The number of rotatable bonds is 7. The topological polar surface area (TPSA) is 55.4 Å². The van der Waals surface area contributed by atoms with E-state index >= 15 is 0 Å². The van der Waals surface area contributed by atoms with Crippen LogP contribution in [-0.4, -0.2) is 45.7 Å². The van der Waals surface area contributed by atoms with Crippen molar-refractivity contribution in [1.29, 1.82) is 0 Å². The van der Waals surface area contributed by atoms with Crippen LogP contribution in [0.4, 0.5) is 0 Å². The van der Waals surface area contributed by atoms with E-state index in [1.807, 2.05) is 0 Å². The van der Waals surface area contributed by atoms with Gasteiger partial charge < -0.3 is 10.1 Å². The molecule has 2 fully saturated rings. The molecule has 17 heavy (non-hydrogen) atoms. The highest BCUT2D eigenvalue weighted by Gasteiger charge is 2.26. The Morgan fingerprint density at radius 3 is 2.59 bits per heavy atom. The first-order valence-corrected chi connectivity index (χ1v) is 8.49. The third-order valence-corrected chi connectivity index (χ3v) is 5.57. The van der Waals surface area contributed by atoms with Gasteiger partial charge in [0.1, 0.15) is 0 Å². The van der Waals surface area contributed by atoms with Gasteiger partial charge in [0.2, 0.25) is 0 Å². The minimum absolute atomic E-state index is 0.148. The number of hydrogen-bond donors (Lipinski definition) is 1. The molecule has 1 heterocycles. The van der Waals surface area contributed by atoms with Crippen molar-refractivity contribution in [2.45, 2.75) is 38.1 Å². The van der Waals surface area contributed by atoms with Crippen molar-refractivity contribution in [2.24, 2.45) is 5.92 Å². The predicted molar refractivity (Wildman–Crippen MR) is 67.8 cm³/mol. The fourth-order valence-corrected chi connectivity index (χ4v) is 4.13.